The van der Waals surface area contributed by atoms with Gasteiger partial charge in [-0.05, 0) is 31.2 Å². The van der Waals surface area contributed by atoms with Crippen LogP contribution >= 0.6 is 0 Å². The SMILES string of the molecule is CO[Si](OC)(C1NCCC2CCCCC21)C(C)(C)C. The van der Waals surface area contributed by atoms with Crippen molar-refractivity contribution >= 4 is 8.56 Å². The molecule has 112 valence electrons. The molecule has 1 aliphatic carbocycles. The minimum atomic E-state index is -2.26. The van der Waals surface area contributed by atoms with Crippen LogP contribution in [-0.4, -0.2) is 35.0 Å². The third-order valence-corrected chi connectivity index (χ3v) is 10.1. The monoisotopic (exact) mass is 285 g/mol. The molecule has 2 rings (SSSR count). The van der Waals surface area contributed by atoms with Crippen molar-refractivity contribution in [3.63, 3.8) is 0 Å². The van der Waals surface area contributed by atoms with Crippen molar-refractivity contribution < 1.29 is 8.85 Å². The Hall–Kier alpha value is 0.0969. The van der Waals surface area contributed by atoms with Crippen molar-refractivity contribution in [2.75, 3.05) is 20.8 Å². The highest BCUT2D eigenvalue weighted by atomic mass is 28.4. The van der Waals surface area contributed by atoms with Crippen LogP contribution in [0.3, 0.4) is 0 Å². The van der Waals surface area contributed by atoms with Gasteiger partial charge in [-0.2, -0.15) is 0 Å². The summed E-state index contributed by atoms with van der Waals surface area (Å²) in [5, 5.41) is 3.87. The first-order valence-electron chi connectivity index (χ1n) is 7.80. The first-order valence-corrected chi connectivity index (χ1v) is 9.69. The van der Waals surface area contributed by atoms with E-state index in [4.69, 9.17) is 8.85 Å². The van der Waals surface area contributed by atoms with Gasteiger partial charge in [0.25, 0.3) is 0 Å². The van der Waals surface area contributed by atoms with E-state index in [9.17, 15) is 0 Å². The molecule has 3 unspecified atom stereocenters. The van der Waals surface area contributed by atoms with Crippen LogP contribution in [0.4, 0.5) is 0 Å². The van der Waals surface area contributed by atoms with E-state index in [0.717, 1.165) is 18.4 Å². The molecule has 1 N–H and O–H groups in total. The van der Waals surface area contributed by atoms with Crippen LogP contribution in [-0.2, 0) is 8.85 Å². The molecular weight excluding hydrogens is 254 g/mol. The molecule has 1 aliphatic heterocycles. The Morgan fingerprint density at radius 2 is 1.63 bits per heavy atom. The molecule has 0 spiro atoms. The lowest BCUT2D eigenvalue weighted by molar-refractivity contribution is 0.112. The standard InChI is InChI=1S/C15H31NO2Si/c1-15(2,3)19(17-4,18-5)14-13-9-7-6-8-12(13)10-11-16-14/h12-14,16H,6-11H2,1-5H3. The number of hydrogen-bond donors (Lipinski definition) is 1. The van der Waals surface area contributed by atoms with E-state index in [-0.39, 0.29) is 5.04 Å². The highest BCUT2D eigenvalue weighted by Gasteiger charge is 2.58. The van der Waals surface area contributed by atoms with Gasteiger partial charge >= 0.3 is 8.56 Å². The predicted octanol–water partition coefficient (Wildman–Crippen LogP) is 3.23. The van der Waals surface area contributed by atoms with Crippen molar-refractivity contribution in [3.8, 4) is 0 Å². The van der Waals surface area contributed by atoms with E-state index in [1.807, 2.05) is 14.2 Å². The van der Waals surface area contributed by atoms with E-state index in [1.165, 1.54) is 32.1 Å². The number of hydrogen-bond acceptors (Lipinski definition) is 3. The maximum Gasteiger partial charge on any atom is 0.360 e. The Morgan fingerprint density at radius 3 is 2.21 bits per heavy atom. The Labute approximate surface area is 119 Å². The normalized spacial score (nSPS) is 33.0. The topological polar surface area (TPSA) is 30.5 Å². The summed E-state index contributed by atoms with van der Waals surface area (Å²) in [6.45, 7) is 7.96. The zero-order chi connectivity index (χ0) is 14.1. The third kappa shape index (κ3) is 2.65. The molecule has 1 heterocycles. The number of piperidine rings is 1. The smallest absolute Gasteiger partial charge is 0.360 e. The molecule has 4 heteroatoms. The highest BCUT2D eigenvalue weighted by Crippen LogP contribution is 2.47. The van der Waals surface area contributed by atoms with Crippen molar-refractivity contribution in [1.29, 1.82) is 0 Å². The van der Waals surface area contributed by atoms with Crippen LogP contribution in [0.25, 0.3) is 0 Å². The summed E-state index contributed by atoms with van der Waals surface area (Å²) in [7, 11) is 1.45. The summed E-state index contributed by atoms with van der Waals surface area (Å²) in [6.07, 6.45) is 6.88. The summed E-state index contributed by atoms with van der Waals surface area (Å²) in [5.41, 5.74) is 0.446. The second kappa shape index (κ2) is 5.84. The molecule has 1 saturated carbocycles. The third-order valence-electron chi connectivity index (χ3n) is 5.34. The van der Waals surface area contributed by atoms with E-state index in [1.54, 1.807) is 0 Å². The predicted molar refractivity (Wildman–Crippen MR) is 81.3 cm³/mol. The number of rotatable bonds is 3. The second-order valence-corrected chi connectivity index (χ2v) is 11.5. The van der Waals surface area contributed by atoms with Crippen LogP contribution < -0.4 is 5.32 Å². The fourth-order valence-electron chi connectivity index (χ4n) is 4.44. The zero-order valence-corrected chi connectivity index (χ0v) is 14.3. The molecule has 3 nitrogen and oxygen atoms in total. The van der Waals surface area contributed by atoms with E-state index >= 15 is 0 Å². The fourth-order valence-corrected chi connectivity index (χ4v) is 8.69. The lowest BCUT2D eigenvalue weighted by Gasteiger charge is -2.52. The Kier molecular flexibility index (Phi) is 4.76. The van der Waals surface area contributed by atoms with E-state index < -0.39 is 8.56 Å². The van der Waals surface area contributed by atoms with Crippen LogP contribution in [0.15, 0.2) is 0 Å². The quantitative estimate of drug-likeness (QED) is 0.808. The molecule has 3 atom stereocenters. The van der Waals surface area contributed by atoms with Crippen molar-refractivity contribution in [2.45, 2.75) is 63.6 Å². The molecule has 1 saturated heterocycles. The first kappa shape index (κ1) is 15.5. The number of nitrogens with one attached hydrogen (secondary N) is 1. The zero-order valence-electron chi connectivity index (χ0n) is 13.3. The average molecular weight is 286 g/mol. The average Bonchev–Trinajstić information content (AvgIpc) is 2.39. The van der Waals surface area contributed by atoms with Gasteiger partial charge in [-0.25, -0.2) is 0 Å². The summed E-state index contributed by atoms with van der Waals surface area (Å²) < 4.78 is 12.2. The lowest BCUT2D eigenvalue weighted by Crippen LogP contribution is -2.69. The van der Waals surface area contributed by atoms with Crippen molar-refractivity contribution in [3.05, 3.63) is 0 Å². The van der Waals surface area contributed by atoms with Gasteiger partial charge in [-0.15, -0.1) is 0 Å². The minimum Gasteiger partial charge on any atom is -0.396 e. The summed E-state index contributed by atoms with van der Waals surface area (Å²) >= 11 is 0. The molecule has 0 aromatic rings. The lowest BCUT2D eigenvalue weighted by atomic mass is 9.75. The number of fused-ring (bicyclic) bond motifs is 1. The molecule has 0 amide bonds. The molecule has 2 fully saturated rings. The van der Waals surface area contributed by atoms with Gasteiger partial charge in [-0.3, -0.25) is 0 Å². The Bertz CT molecular complexity index is 297. The van der Waals surface area contributed by atoms with Crippen LogP contribution in [0, 0.1) is 11.8 Å². The van der Waals surface area contributed by atoms with Gasteiger partial charge in [0.2, 0.25) is 0 Å². The molecule has 0 bridgehead atoms. The molecule has 19 heavy (non-hydrogen) atoms. The molecule has 0 aromatic carbocycles. The van der Waals surface area contributed by atoms with Gasteiger partial charge < -0.3 is 14.2 Å². The van der Waals surface area contributed by atoms with Gasteiger partial charge in [-0.1, -0.05) is 40.0 Å². The molecule has 2 aliphatic rings. The fraction of sp³-hybridized carbons (Fsp3) is 1.00. The van der Waals surface area contributed by atoms with Gasteiger partial charge in [0.1, 0.15) is 0 Å². The van der Waals surface area contributed by atoms with Crippen molar-refractivity contribution in [2.24, 2.45) is 11.8 Å². The maximum absolute atomic E-state index is 6.09. The molecular formula is C15H31NO2Si. The molecule has 0 radical (unpaired) electrons. The first-order chi connectivity index (χ1) is 8.96. The van der Waals surface area contributed by atoms with Crippen molar-refractivity contribution in [1.82, 2.24) is 5.32 Å². The van der Waals surface area contributed by atoms with Gasteiger partial charge in [0.05, 0.1) is 5.67 Å². The van der Waals surface area contributed by atoms with E-state index in [0.29, 0.717) is 5.67 Å². The summed E-state index contributed by atoms with van der Waals surface area (Å²) in [5.74, 6) is 1.65. The van der Waals surface area contributed by atoms with E-state index in [2.05, 4.69) is 26.1 Å². The Morgan fingerprint density at radius 1 is 1.00 bits per heavy atom. The highest BCUT2D eigenvalue weighted by molar-refractivity contribution is 6.72. The Balaban J connectivity index is 2.29. The van der Waals surface area contributed by atoms with Gasteiger partial charge in [0.15, 0.2) is 0 Å². The summed E-state index contributed by atoms with van der Waals surface area (Å²) in [6, 6.07) is 0. The van der Waals surface area contributed by atoms with Crippen LogP contribution in [0.5, 0.6) is 0 Å². The maximum atomic E-state index is 6.09. The minimum absolute atomic E-state index is 0.0908. The largest absolute Gasteiger partial charge is 0.396 e. The second-order valence-electron chi connectivity index (χ2n) is 7.25. The van der Waals surface area contributed by atoms with Crippen LogP contribution in [0.1, 0.15) is 52.9 Å². The van der Waals surface area contributed by atoms with Gasteiger partial charge in [0, 0.05) is 19.3 Å². The van der Waals surface area contributed by atoms with Crippen LogP contribution in [0.2, 0.25) is 5.04 Å². The molecule has 0 aromatic heterocycles. The summed E-state index contributed by atoms with van der Waals surface area (Å²) in [4.78, 5) is 0.